The van der Waals surface area contributed by atoms with E-state index in [4.69, 9.17) is 6.85 Å². The van der Waals surface area contributed by atoms with Gasteiger partial charge in [0.2, 0.25) is 0 Å². The van der Waals surface area contributed by atoms with Crippen LogP contribution in [0.25, 0.3) is 0 Å². The standard InChI is InChI=1S/C12H17NO/c1-10-12(14)7-8-13(10)9-11-5-3-2-4-6-11/h2-6,10,12,14H,7-9H2,1H3/t10-,12+/m1/s1/i2D,3D,4D,5D,6D. The van der Waals surface area contributed by atoms with Gasteiger partial charge in [-0.3, -0.25) is 4.90 Å². The Labute approximate surface area is 92.2 Å². The average Bonchev–Trinajstić information content (AvgIpc) is 2.71. The fraction of sp³-hybridized carbons (Fsp3) is 0.500. The van der Waals surface area contributed by atoms with Crippen molar-refractivity contribution in [2.75, 3.05) is 6.54 Å². The summed E-state index contributed by atoms with van der Waals surface area (Å²) >= 11 is 0. The molecule has 0 bridgehead atoms. The van der Waals surface area contributed by atoms with Gasteiger partial charge in [0.25, 0.3) is 0 Å². The van der Waals surface area contributed by atoms with E-state index in [9.17, 15) is 5.11 Å². The lowest BCUT2D eigenvalue weighted by atomic mass is 10.2. The minimum absolute atomic E-state index is 0.0576. The molecule has 1 heterocycles. The molecule has 1 fully saturated rings. The first-order chi connectivity index (χ1) is 8.84. The highest BCUT2D eigenvalue weighted by atomic mass is 16.3. The van der Waals surface area contributed by atoms with Gasteiger partial charge in [-0.2, -0.15) is 0 Å². The van der Waals surface area contributed by atoms with Crippen LogP contribution in [-0.2, 0) is 6.54 Å². The van der Waals surface area contributed by atoms with Crippen molar-refractivity contribution in [1.82, 2.24) is 4.90 Å². The number of rotatable bonds is 2. The second-order valence-corrected chi connectivity index (χ2v) is 3.67. The van der Waals surface area contributed by atoms with E-state index >= 15 is 0 Å². The van der Waals surface area contributed by atoms with Crippen LogP contribution in [0.5, 0.6) is 0 Å². The molecule has 0 spiro atoms. The number of likely N-dealkylation sites (tertiary alicyclic amines) is 1. The van der Waals surface area contributed by atoms with E-state index in [1.807, 2.05) is 11.8 Å². The van der Waals surface area contributed by atoms with E-state index in [0.717, 1.165) is 0 Å². The van der Waals surface area contributed by atoms with Gasteiger partial charge in [-0.05, 0) is 18.9 Å². The van der Waals surface area contributed by atoms with E-state index in [2.05, 4.69) is 0 Å². The number of nitrogens with zero attached hydrogens (tertiary/aromatic N) is 1. The van der Waals surface area contributed by atoms with Crippen LogP contribution >= 0.6 is 0 Å². The molecule has 2 rings (SSSR count). The highest BCUT2D eigenvalue weighted by Crippen LogP contribution is 2.19. The molecule has 2 heteroatoms. The van der Waals surface area contributed by atoms with Crippen molar-refractivity contribution in [2.24, 2.45) is 0 Å². The molecule has 76 valence electrons. The molecule has 1 N–H and O–H groups in total. The average molecular weight is 196 g/mol. The molecule has 2 nitrogen and oxygen atoms in total. The Morgan fingerprint density at radius 2 is 2.21 bits per heavy atom. The summed E-state index contributed by atoms with van der Waals surface area (Å²) in [7, 11) is 0. The first-order valence-electron chi connectivity index (χ1n) is 7.32. The molecule has 14 heavy (non-hydrogen) atoms. The van der Waals surface area contributed by atoms with Gasteiger partial charge in [0.1, 0.15) is 0 Å². The highest BCUT2D eigenvalue weighted by molar-refractivity contribution is 5.14. The zero-order chi connectivity index (χ0) is 14.3. The van der Waals surface area contributed by atoms with Crippen molar-refractivity contribution < 1.29 is 12.0 Å². The van der Waals surface area contributed by atoms with Gasteiger partial charge in [-0.1, -0.05) is 30.2 Å². The first kappa shape index (κ1) is 5.29. The zero-order valence-electron chi connectivity index (χ0n) is 13.2. The van der Waals surface area contributed by atoms with Gasteiger partial charge in [0, 0.05) is 19.1 Å². The number of hydrogen-bond donors (Lipinski definition) is 1. The summed E-state index contributed by atoms with van der Waals surface area (Å²) in [6.07, 6.45) is 0.240. The van der Waals surface area contributed by atoms with E-state index in [1.54, 1.807) is 0 Å². The van der Waals surface area contributed by atoms with Gasteiger partial charge in [0.15, 0.2) is 0 Å². The minimum atomic E-state index is -0.412. The SMILES string of the molecule is [2H]c1c([2H])c([2H])c(CN2CC[C@H](O)[C@H]2C)c([2H])c1[2H]. The Morgan fingerprint density at radius 1 is 1.50 bits per heavy atom. The summed E-state index contributed by atoms with van der Waals surface area (Å²) in [4.78, 5) is 1.94. The van der Waals surface area contributed by atoms with E-state index in [-0.39, 0.29) is 42.8 Å². The third-order valence-electron chi connectivity index (χ3n) is 2.76. The molecule has 1 aliphatic heterocycles. The van der Waals surface area contributed by atoms with Crippen LogP contribution in [0.4, 0.5) is 0 Å². The predicted molar refractivity (Wildman–Crippen MR) is 56.9 cm³/mol. The molecular weight excluding hydrogens is 174 g/mol. The molecular formula is C12H17NO. The third-order valence-corrected chi connectivity index (χ3v) is 2.76. The van der Waals surface area contributed by atoms with Crippen molar-refractivity contribution in [1.29, 1.82) is 0 Å². The summed E-state index contributed by atoms with van der Waals surface area (Å²) in [6, 6.07) is -1.34. The number of aliphatic hydroxyl groups excluding tert-OH is 1. The molecule has 2 atom stereocenters. The monoisotopic (exact) mass is 196 g/mol. The van der Waals surface area contributed by atoms with Gasteiger partial charge < -0.3 is 5.11 Å². The normalized spacial score (nSPS) is 33.1. The number of benzene rings is 1. The van der Waals surface area contributed by atoms with E-state index in [1.165, 1.54) is 0 Å². The quantitative estimate of drug-likeness (QED) is 0.777. The summed E-state index contributed by atoms with van der Waals surface area (Å²) in [5.74, 6) is 0. The van der Waals surface area contributed by atoms with Gasteiger partial charge in [-0.25, -0.2) is 0 Å². The Kier molecular flexibility index (Phi) is 1.55. The molecule has 1 saturated heterocycles. The van der Waals surface area contributed by atoms with Crippen LogP contribution in [0.3, 0.4) is 0 Å². The third kappa shape index (κ3) is 1.97. The number of aliphatic hydroxyl groups is 1. The molecule has 0 radical (unpaired) electrons. The van der Waals surface area contributed by atoms with Crippen molar-refractivity contribution in [3.63, 3.8) is 0 Å². The largest absolute Gasteiger partial charge is 0.391 e. The van der Waals surface area contributed by atoms with Crippen LogP contribution in [0.2, 0.25) is 0 Å². The first-order valence-corrected chi connectivity index (χ1v) is 4.82. The lowest BCUT2D eigenvalue weighted by molar-refractivity contribution is 0.123. The molecule has 0 amide bonds. The fourth-order valence-corrected chi connectivity index (χ4v) is 1.77. The van der Waals surface area contributed by atoms with Crippen LogP contribution in [-0.4, -0.2) is 28.7 Å². The van der Waals surface area contributed by atoms with Crippen LogP contribution in [0.1, 0.15) is 25.8 Å². The van der Waals surface area contributed by atoms with Gasteiger partial charge in [-0.15, -0.1) is 0 Å². The lowest BCUT2D eigenvalue weighted by Crippen LogP contribution is -2.31. The second kappa shape index (κ2) is 4.11. The predicted octanol–water partition coefficient (Wildman–Crippen LogP) is 1.64. The van der Waals surface area contributed by atoms with Gasteiger partial charge >= 0.3 is 0 Å². The van der Waals surface area contributed by atoms with Crippen molar-refractivity contribution in [3.05, 3.63) is 35.8 Å². The maximum absolute atomic E-state index is 9.70. The molecule has 1 aliphatic rings. The van der Waals surface area contributed by atoms with E-state index < -0.39 is 6.10 Å². The molecule has 1 aromatic rings. The maximum Gasteiger partial charge on any atom is 0.0705 e. The summed E-state index contributed by atoms with van der Waals surface area (Å²) in [5, 5.41) is 9.70. The minimum Gasteiger partial charge on any atom is -0.391 e. The van der Waals surface area contributed by atoms with Gasteiger partial charge in [0.05, 0.1) is 13.0 Å². The molecule has 0 unspecified atom stereocenters. The summed E-state index contributed by atoms with van der Waals surface area (Å²) in [5.41, 5.74) is 0.298. The summed E-state index contributed by atoms with van der Waals surface area (Å²) < 4.78 is 38.5. The molecule has 0 saturated carbocycles. The fourth-order valence-electron chi connectivity index (χ4n) is 1.77. The lowest BCUT2D eigenvalue weighted by Gasteiger charge is -2.22. The smallest absolute Gasteiger partial charge is 0.0705 e. The molecule has 1 aromatic carbocycles. The van der Waals surface area contributed by atoms with Crippen molar-refractivity contribution in [3.8, 4) is 0 Å². The van der Waals surface area contributed by atoms with Crippen molar-refractivity contribution >= 4 is 0 Å². The highest BCUT2D eigenvalue weighted by Gasteiger charge is 2.28. The summed E-state index contributed by atoms with van der Waals surface area (Å²) in [6.45, 7) is 2.82. The molecule has 0 aliphatic carbocycles. The second-order valence-electron chi connectivity index (χ2n) is 3.67. The topological polar surface area (TPSA) is 23.5 Å². The Bertz CT molecular complexity index is 478. The Balaban J connectivity index is 2.36. The van der Waals surface area contributed by atoms with Crippen LogP contribution in [0, 0.1) is 0 Å². The van der Waals surface area contributed by atoms with Crippen LogP contribution < -0.4 is 0 Å². The zero-order valence-corrected chi connectivity index (χ0v) is 8.17. The maximum atomic E-state index is 9.70. The Morgan fingerprint density at radius 3 is 2.79 bits per heavy atom. The number of hydrogen-bond acceptors (Lipinski definition) is 2. The van der Waals surface area contributed by atoms with E-state index in [0.29, 0.717) is 18.5 Å². The van der Waals surface area contributed by atoms with Crippen molar-refractivity contribution in [2.45, 2.75) is 32.0 Å². The van der Waals surface area contributed by atoms with Crippen LogP contribution in [0.15, 0.2) is 30.2 Å². The molecule has 0 aromatic heterocycles. The Hall–Kier alpha value is -0.860.